The Morgan fingerprint density at radius 3 is 2.94 bits per heavy atom. The number of esters is 1. The van der Waals surface area contributed by atoms with E-state index < -0.39 is 0 Å². The monoisotopic (exact) mass is 229 g/mol. The van der Waals surface area contributed by atoms with E-state index >= 15 is 0 Å². The van der Waals surface area contributed by atoms with Gasteiger partial charge in [-0.05, 0) is 33.1 Å². The van der Waals surface area contributed by atoms with Gasteiger partial charge in [0.25, 0.3) is 0 Å². The van der Waals surface area contributed by atoms with Gasteiger partial charge in [-0.2, -0.15) is 0 Å². The Kier molecular flexibility index (Phi) is 5.77. The highest BCUT2D eigenvalue weighted by Crippen LogP contribution is 2.19. The van der Waals surface area contributed by atoms with E-state index in [-0.39, 0.29) is 12.0 Å². The van der Waals surface area contributed by atoms with E-state index in [1.54, 1.807) is 0 Å². The van der Waals surface area contributed by atoms with E-state index in [0.717, 1.165) is 19.6 Å². The fraction of sp³-hybridized carbons (Fsp3) is 0.917. The molecule has 94 valence electrons. The van der Waals surface area contributed by atoms with Crippen LogP contribution in [0, 0.1) is 5.92 Å². The predicted molar refractivity (Wildman–Crippen MR) is 62.2 cm³/mol. The van der Waals surface area contributed by atoms with Gasteiger partial charge in [-0.25, -0.2) is 0 Å². The van der Waals surface area contributed by atoms with E-state index in [2.05, 4.69) is 12.2 Å². The van der Waals surface area contributed by atoms with Gasteiger partial charge in [0.2, 0.25) is 0 Å². The third-order valence-corrected chi connectivity index (χ3v) is 3.04. The highest BCUT2D eigenvalue weighted by molar-refractivity contribution is 5.69. The number of carbonyl (C=O) groups excluding carboxylic acids is 1. The summed E-state index contributed by atoms with van der Waals surface area (Å²) in [5.41, 5.74) is 0. The highest BCUT2D eigenvalue weighted by atomic mass is 16.5. The first-order chi connectivity index (χ1) is 7.63. The van der Waals surface area contributed by atoms with Crippen molar-refractivity contribution in [3.8, 4) is 0 Å². The predicted octanol–water partition coefficient (Wildman–Crippen LogP) is 1.34. The maximum atomic E-state index is 11.2. The number of nitrogens with one attached hydrogen (secondary N) is 1. The lowest BCUT2D eigenvalue weighted by atomic mass is 10.0. The number of hydrogen-bond donors (Lipinski definition) is 1. The summed E-state index contributed by atoms with van der Waals surface area (Å²) in [5, 5.41) is 3.36. The number of rotatable bonds is 6. The molecule has 0 saturated carbocycles. The van der Waals surface area contributed by atoms with Crippen molar-refractivity contribution in [2.45, 2.75) is 45.8 Å². The first kappa shape index (κ1) is 13.5. The second-order valence-corrected chi connectivity index (χ2v) is 4.44. The van der Waals surface area contributed by atoms with Crippen LogP contribution in [0.3, 0.4) is 0 Å². The zero-order valence-electron chi connectivity index (χ0n) is 10.5. The summed E-state index contributed by atoms with van der Waals surface area (Å²) in [6, 6.07) is 0.173. The first-order valence-corrected chi connectivity index (χ1v) is 6.14. The Morgan fingerprint density at radius 1 is 1.62 bits per heavy atom. The maximum absolute atomic E-state index is 11.2. The van der Waals surface area contributed by atoms with E-state index in [0.29, 0.717) is 25.0 Å². The summed E-state index contributed by atoms with van der Waals surface area (Å²) >= 11 is 0. The van der Waals surface area contributed by atoms with Gasteiger partial charge < -0.3 is 14.8 Å². The molecule has 3 atom stereocenters. The molecular weight excluding hydrogens is 206 g/mol. The molecule has 0 aromatic carbocycles. The molecule has 4 nitrogen and oxygen atoms in total. The Balaban J connectivity index is 2.14. The van der Waals surface area contributed by atoms with E-state index in [4.69, 9.17) is 9.47 Å². The van der Waals surface area contributed by atoms with Crippen LogP contribution in [-0.2, 0) is 14.3 Å². The van der Waals surface area contributed by atoms with Gasteiger partial charge in [-0.3, -0.25) is 4.79 Å². The quantitative estimate of drug-likeness (QED) is 0.698. The van der Waals surface area contributed by atoms with Crippen LogP contribution < -0.4 is 5.32 Å². The standard InChI is InChI=1S/C12H23NO3/c1-4-15-12(14)7-9(2)13-8-11-5-6-16-10(11)3/h9-11,13H,4-8H2,1-3H3. The molecule has 3 unspecified atom stereocenters. The van der Waals surface area contributed by atoms with Crippen LogP contribution in [0.5, 0.6) is 0 Å². The summed E-state index contributed by atoms with van der Waals surface area (Å²) in [7, 11) is 0. The van der Waals surface area contributed by atoms with E-state index in [1.165, 1.54) is 0 Å². The van der Waals surface area contributed by atoms with Gasteiger partial charge in [0.05, 0.1) is 19.1 Å². The van der Waals surface area contributed by atoms with Crippen molar-refractivity contribution in [3.05, 3.63) is 0 Å². The second kappa shape index (κ2) is 6.86. The fourth-order valence-electron chi connectivity index (χ4n) is 1.94. The third-order valence-electron chi connectivity index (χ3n) is 3.04. The zero-order chi connectivity index (χ0) is 12.0. The zero-order valence-corrected chi connectivity index (χ0v) is 10.5. The minimum Gasteiger partial charge on any atom is -0.466 e. The molecule has 0 amide bonds. The van der Waals surface area contributed by atoms with Crippen LogP contribution in [0.2, 0.25) is 0 Å². The normalized spacial score (nSPS) is 26.7. The van der Waals surface area contributed by atoms with Crippen molar-refractivity contribution in [1.82, 2.24) is 5.32 Å². The topological polar surface area (TPSA) is 47.6 Å². The lowest BCUT2D eigenvalue weighted by molar-refractivity contribution is -0.143. The van der Waals surface area contributed by atoms with Crippen molar-refractivity contribution in [2.75, 3.05) is 19.8 Å². The third kappa shape index (κ3) is 4.49. The molecule has 0 aliphatic carbocycles. The van der Waals surface area contributed by atoms with Crippen molar-refractivity contribution in [1.29, 1.82) is 0 Å². The number of carbonyl (C=O) groups is 1. The van der Waals surface area contributed by atoms with Crippen molar-refractivity contribution >= 4 is 5.97 Å². The van der Waals surface area contributed by atoms with Crippen LogP contribution in [0.1, 0.15) is 33.6 Å². The van der Waals surface area contributed by atoms with Crippen LogP contribution >= 0.6 is 0 Å². The van der Waals surface area contributed by atoms with Crippen LogP contribution in [-0.4, -0.2) is 37.9 Å². The molecule has 1 rings (SSSR count). The smallest absolute Gasteiger partial charge is 0.307 e. The Hall–Kier alpha value is -0.610. The van der Waals surface area contributed by atoms with E-state index in [1.807, 2.05) is 13.8 Å². The average molecular weight is 229 g/mol. The molecule has 1 saturated heterocycles. The Morgan fingerprint density at radius 2 is 2.38 bits per heavy atom. The van der Waals surface area contributed by atoms with Crippen molar-refractivity contribution in [3.63, 3.8) is 0 Å². The SMILES string of the molecule is CCOC(=O)CC(C)NCC1CCOC1C. The molecule has 0 radical (unpaired) electrons. The first-order valence-electron chi connectivity index (χ1n) is 6.14. The van der Waals surface area contributed by atoms with Gasteiger partial charge >= 0.3 is 5.97 Å². The number of hydrogen-bond acceptors (Lipinski definition) is 4. The molecule has 0 spiro atoms. The lowest BCUT2D eigenvalue weighted by Gasteiger charge is -2.18. The number of ether oxygens (including phenoxy) is 2. The summed E-state index contributed by atoms with van der Waals surface area (Å²) in [4.78, 5) is 11.2. The highest BCUT2D eigenvalue weighted by Gasteiger charge is 2.24. The van der Waals surface area contributed by atoms with Gasteiger partial charge in [-0.1, -0.05) is 0 Å². The summed E-state index contributed by atoms with van der Waals surface area (Å²) in [6.45, 7) is 8.18. The molecule has 1 fully saturated rings. The molecule has 1 aliphatic rings. The van der Waals surface area contributed by atoms with Crippen molar-refractivity contribution in [2.24, 2.45) is 5.92 Å². The summed E-state index contributed by atoms with van der Waals surface area (Å²) < 4.78 is 10.4. The molecule has 0 aromatic heterocycles. The van der Waals surface area contributed by atoms with Crippen LogP contribution in [0.4, 0.5) is 0 Å². The Labute approximate surface area is 97.7 Å². The second-order valence-electron chi connectivity index (χ2n) is 4.44. The molecular formula is C12H23NO3. The minimum atomic E-state index is -0.127. The fourth-order valence-corrected chi connectivity index (χ4v) is 1.94. The molecule has 16 heavy (non-hydrogen) atoms. The molecule has 1 N–H and O–H groups in total. The van der Waals surface area contributed by atoms with Crippen molar-refractivity contribution < 1.29 is 14.3 Å². The summed E-state index contributed by atoms with van der Waals surface area (Å²) in [6.07, 6.45) is 1.89. The van der Waals surface area contributed by atoms with Gasteiger partial charge in [0.15, 0.2) is 0 Å². The molecule has 1 aliphatic heterocycles. The van der Waals surface area contributed by atoms with E-state index in [9.17, 15) is 4.79 Å². The molecule has 4 heteroatoms. The molecule has 1 heterocycles. The van der Waals surface area contributed by atoms with Crippen LogP contribution in [0.25, 0.3) is 0 Å². The molecule has 0 aromatic rings. The average Bonchev–Trinajstić information content (AvgIpc) is 2.61. The van der Waals surface area contributed by atoms with Gasteiger partial charge in [0, 0.05) is 19.2 Å². The summed E-state index contributed by atoms with van der Waals surface area (Å²) in [5.74, 6) is 0.447. The van der Waals surface area contributed by atoms with Crippen LogP contribution in [0.15, 0.2) is 0 Å². The minimum absolute atomic E-state index is 0.127. The van der Waals surface area contributed by atoms with Gasteiger partial charge in [0.1, 0.15) is 0 Å². The maximum Gasteiger partial charge on any atom is 0.307 e. The molecule has 0 bridgehead atoms. The largest absolute Gasteiger partial charge is 0.466 e. The Bertz CT molecular complexity index is 220. The lowest BCUT2D eigenvalue weighted by Crippen LogP contribution is -2.35. The van der Waals surface area contributed by atoms with Gasteiger partial charge in [-0.15, -0.1) is 0 Å².